The Labute approximate surface area is 186 Å². The van der Waals surface area contributed by atoms with E-state index in [-0.39, 0.29) is 5.91 Å². The van der Waals surface area contributed by atoms with E-state index in [9.17, 15) is 4.79 Å². The van der Waals surface area contributed by atoms with Gasteiger partial charge >= 0.3 is 0 Å². The highest BCUT2D eigenvalue weighted by atomic mass is 35.5. The van der Waals surface area contributed by atoms with Gasteiger partial charge in [0.15, 0.2) is 0 Å². The zero-order chi connectivity index (χ0) is 21.9. The molecule has 0 aliphatic rings. The van der Waals surface area contributed by atoms with E-state index in [1.54, 1.807) is 42.7 Å². The average Bonchev–Trinajstić information content (AvgIpc) is 2.81. The molecule has 0 fully saturated rings. The summed E-state index contributed by atoms with van der Waals surface area (Å²) in [6, 6.07) is 16.6. The van der Waals surface area contributed by atoms with Crippen molar-refractivity contribution >= 4 is 23.7 Å². The topological polar surface area (TPSA) is 72.8 Å². The van der Waals surface area contributed by atoms with Gasteiger partial charge in [-0.15, -0.1) is 0 Å². The van der Waals surface area contributed by atoms with E-state index in [1.807, 2.05) is 12.1 Å². The Bertz CT molecular complexity index is 1010. The minimum absolute atomic E-state index is 0.327. The van der Waals surface area contributed by atoms with E-state index >= 15 is 0 Å². The first kappa shape index (κ1) is 22.3. The number of hydrazone groups is 1. The molecular formula is C24H24ClN3O3. The van der Waals surface area contributed by atoms with Crippen LogP contribution < -0.4 is 14.9 Å². The van der Waals surface area contributed by atoms with Crippen molar-refractivity contribution < 1.29 is 14.3 Å². The molecular weight excluding hydrogens is 414 g/mol. The number of pyridine rings is 1. The summed E-state index contributed by atoms with van der Waals surface area (Å²) >= 11 is 6.10. The van der Waals surface area contributed by atoms with Crippen LogP contribution in [0.4, 0.5) is 0 Å². The Morgan fingerprint density at radius 3 is 2.55 bits per heavy atom. The number of aryl methyl sites for hydroxylation is 1. The summed E-state index contributed by atoms with van der Waals surface area (Å²) in [4.78, 5) is 15.9. The highest BCUT2D eigenvalue weighted by molar-refractivity contribution is 6.30. The SMILES string of the molecule is CCc1ccc(OCCCOc2ccc(Cl)cc2/C=N/NC(=O)c2ccncc2)cc1. The minimum atomic E-state index is -0.327. The third kappa shape index (κ3) is 7.12. The first-order valence-corrected chi connectivity index (χ1v) is 10.4. The maximum atomic E-state index is 12.1. The molecule has 1 N–H and O–H groups in total. The molecule has 1 heterocycles. The summed E-state index contributed by atoms with van der Waals surface area (Å²) in [7, 11) is 0. The zero-order valence-corrected chi connectivity index (χ0v) is 18.0. The highest BCUT2D eigenvalue weighted by Gasteiger charge is 2.05. The Balaban J connectivity index is 1.49. The van der Waals surface area contributed by atoms with E-state index in [0.29, 0.717) is 41.5 Å². The summed E-state index contributed by atoms with van der Waals surface area (Å²) in [6.45, 7) is 3.14. The fourth-order valence-electron chi connectivity index (χ4n) is 2.73. The summed E-state index contributed by atoms with van der Waals surface area (Å²) in [5, 5.41) is 4.56. The molecule has 7 heteroatoms. The van der Waals surface area contributed by atoms with Gasteiger partial charge in [-0.25, -0.2) is 5.43 Å². The second-order valence-corrected chi connectivity index (χ2v) is 7.10. The van der Waals surface area contributed by atoms with E-state index in [1.165, 1.54) is 11.8 Å². The first-order chi connectivity index (χ1) is 15.2. The van der Waals surface area contributed by atoms with E-state index in [0.717, 1.165) is 12.2 Å². The molecule has 1 amide bonds. The van der Waals surface area contributed by atoms with Crippen LogP contribution in [-0.2, 0) is 6.42 Å². The predicted octanol–water partition coefficient (Wildman–Crippen LogP) is 4.91. The lowest BCUT2D eigenvalue weighted by atomic mass is 10.2. The molecule has 6 nitrogen and oxygen atoms in total. The predicted molar refractivity (Wildman–Crippen MR) is 122 cm³/mol. The fraction of sp³-hybridized carbons (Fsp3) is 0.208. The highest BCUT2D eigenvalue weighted by Crippen LogP contribution is 2.21. The molecule has 0 spiro atoms. The number of nitrogens with zero attached hydrogens (tertiary/aromatic N) is 2. The van der Waals surface area contributed by atoms with Gasteiger partial charge in [-0.2, -0.15) is 5.10 Å². The Morgan fingerprint density at radius 2 is 1.81 bits per heavy atom. The summed E-state index contributed by atoms with van der Waals surface area (Å²) < 4.78 is 11.6. The number of carbonyl (C=O) groups excluding carboxylic acids is 1. The van der Waals surface area contributed by atoms with Gasteiger partial charge in [0.05, 0.1) is 19.4 Å². The van der Waals surface area contributed by atoms with Gasteiger partial charge < -0.3 is 9.47 Å². The fourth-order valence-corrected chi connectivity index (χ4v) is 2.91. The molecule has 31 heavy (non-hydrogen) atoms. The number of hydrogen-bond acceptors (Lipinski definition) is 5. The molecule has 0 aliphatic carbocycles. The quantitative estimate of drug-likeness (QED) is 0.278. The van der Waals surface area contributed by atoms with Crippen molar-refractivity contribution in [3.63, 3.8) is 0 Å². The smallest absolute Gasteiger partial charge is 0.271 e. The molecule has 0 unspecified atom stereocenters. The molecule has 3 aromatic rings. The third-order valence-electron chi connectivity index (χ3n) is 4.43. The number of amides is 1. The summed E-state index contributed by atoms with van der Waals surface area (Å²) in [6.07, 6.45) is 6.32. The molecule has 1 aromatic heterocycles. The lowest BCUT2D eigenvalue weighted by Crippen LogP contribution is -2.17. The van der Waals surface area contributed by atoms with Gasteiger partial charge in [0.25, 0.3) is 5.91 Å². The third-order valence-corrected chi connectivity index (χ3v) is 4.67. The molecule has 0 saturated heterocycles. The van der Waals surface area contributed by atoms with E-state index in [2.05, 4.69) is 34.6 Å². The zero-order valence-electron chi connectivity index (χ0n) is 17.3. The maximum absolute atomic E-state index is 12.1. The van der Waals surface area contributed by atoms with Crippen molar-refractivity contribution in [1.82, 2.24) is 10.4 Å². The molecule has 0 saturated carbocycles. The van der Waals surface area contributed by atoms with Crippen LogP contribution in [0.2, 0.25) is 5.02 Å². The molecule has 0 atom stereocenters. The van der Waals surface area contributed by atoms with Gasteiger partial charge in [-0.05, 0) is 54.4 Å². The standard InChI is InChI=1S/C24H24ClN3O3/c1-2-18-4-7-22(8-5-18)30-14-3-15-31-23-9-6-21(25)16-20(23)17-27-28-24(29)19-10-12-26-13-11-19/h4-13,16-17H,2-3,14-15H2,1H3,(H,28,29)/b27-17+. The largest absolute Gasteiger partial charge is 0.493 e. The number of nitrogens with one attached hydrogen (secondary N) is 1. The summed E-state index contributed by atoms with van der Waals surface area (Å²) in [5.74, 6) is 1.15. The summed E-state index contributed by atoms with van der Waals surface area (Å²) in [5.41, 5.74) is 4.90. The second-order valence-electron chi connectivity index (χ2n) is 6.67. The van der Waals surface area contributed by atoms with E-state index < -0.39 is 0 Å². The Kier molecular flexibility index (Phi) is 8.43. The lowest BCUT2D eigenvalue weighted by Gasteiger charge is -2.10. The van der Waals surface area contributed by atoms with Crippen LogP contribution in [0.1, 0.15) is 34.8 Å². The van der Waals surface area contributed by atoms with Gasteiger partial charge in [-0.3, -0.25) is 9.78 Å². The number of benzene rings is 2. The molecule has 160 valence electrons. The van der Waals surface area contributed by atoms with Crippen molar-refractivity contribution in [3.8, 4) is 11.5 Å². The first-order valence-electron chi connectivity index (χ1n) is 10.0. The van der Waals surface area contributed by atoms with Crippen LogP contribution >= 0.6 is 11.6 Å². The number of hydrogen-bond donors (Lipinski definition) is 1. The Hall–Kier alpha value is -3.38. The van der Waals surface area contributed by atoms with Crippen LogP contribution in [0.3, 0.4) is 0 Å². The van der Waals surface area contributed by atoms with Crippen LogP contribution in [0.5, 0.6) is 11.5 Å². The van der Waals surface area contributed by atoms with Crippen LogP contribution in [0.15, 0.2) is 72.1 Å². The van der Waals surface area contributed by atoms with Crippen molar-refractivity contribution in [3.05, 3.63) is 88.7 Å². The van der Waals surface area contributed by atoms with Gasteiger partial charge in [0.2, 0.25) is 0 Å². The van der Waals surface area contributed by atoms with Crippen LogP contribution in [0.25, 0.3) is 0 Å². The molecule has 0 aliphatic heterocycles. The van der Waals surface area contributed by atoms with Crippen molar-refractivity contribution in [2.75, 3.05) is 13.2 Å². The van der Waals surface area contributed by atoms with E-state index in [4.69, 9.17) is 21.1 Å². The van der Waals surface area contributed by atoms with Gasteiger partial charge in [0.1, 0.15) is 11.5 Å². The second kappa shape index (κ2) is 11.7. The van der Waals surface area contributed by atoms with Crippen LogP contribution in [0, 0.1) is 0 Å². The number of carbonyl (C=O) groups is 1. The van der Waals surface area contributed by atoms with Gasteiger partial charge in [0, 0.05) is 35.0 Å². The molecule has 0 radical (unpaired) electrons. The number of aromatic nitrogens is 1. The average molecular weight is 438 g/mol. The van der Waals surface area contributed by atoms with Crippen LogP contribution in [-0.4, -0.2) is 30.3 Å². The monoisotopic (exact) mass is 437 g/mol. The molecule has 3 rings (SSSR count). The van der Waals surface area contributed by atoms with Crippen molar-refractivity contribution in [2.24, 2.45) is 5.10 Å². The van der Waals surface area contributed by atoms with Gasteiger partial charge in [-0.1, -0.05) is 30.7 Å². The minimum Gasteiger partial charge on any atom is -0.493 e. The normalized spacial score (nSPS) is 10.8. The lowest BCUT2D eigenvalue weighted by molar-refractivity contribution is 0.0955. The Morgan fingerprint density at radius 1 is 1.06 bits per heavy atom. The number of ether oxygens (including phenoxy) is 2. The maximum Gasteiger partial charge on any atom is 0.271 e. The van der Waals surface area contributed by atoms with Crippen molar-refractivity contribution in [2.45, 2.75) is 19.8 Å². The molecule has 0 bridgehead atoms. The molecule has 2 aromatic carbocycles. The van der Waals surface area contributed by atoms with Crippen molar-refractivity contribution in [1.29, 1.82) is 0 Å². The number of rotatable bonds is 10. The number of halogens is 1.